The maximum absolute atomic E-state index is 12.9. The van der Waals surface area contributed by atoms with E-state index >= 15 is 0 Å². The summed E-state index contributed by atoms with van der Waals surface area (Å²) < 4.78 is 0. The summed E-state index contributed by atoms with van der Waals surface area (Å²) in [5, 5.41) is 6.37. The van der Waals surface area contributed by atoms with Crippen molar-refractivity contribution in [3.8, 4) is 0 Å². The molecule has 4 rings (SSSR count). The Morgan fingerprint density at radius 2 is 2.03 bits per heavy atom. The number of carbonyl (C=O) groups excluding carboxylic acids is 3. The van der Waals surface area contributed by atoms with E-state index < -0.39 is 0 Å². The van der Waals surface area contributed by atoms with Gasteiger partial charge in [-0.15, -0.1) is 0 Å². The predicted molar refractivity (Wildman–Crippen MR) is 130 cm³/mol. The topological polar surface area (TPSA) is 94.3 Å². The number of carbonyl (C=O) groups is 3. The first-order valence-electron chi connectivity index (χ1n) is 11.4. The van der Waals surface area contributed by atoms with Crippen molar-refractivity contribution >= 4 is 46.7 Å². The van der Waals surface area contributed by atoms with Crippen LogP contribution < -0.4 is 10.6 Å². The van der Waals surface area contributed by atoms with E-state index in [1.165, 1.54) is 0 Å². The number of amides is 3. The van der Waals surface area contributed by atoms with Crippen LogP contribution in [0.2, 0.25) is 5.02 Å². The van der Waals surface area contributed by atoms with Gasteiger partial charge in [0.05, 0.1) is 11.1 Å². The van der Waals surface area contributed by atoms with Gasteiger partial charge in [0.1, 0.15) is 0 Å². The number of nitrogens with zero attached hydrogens (tertiary/aromatic N) is 1. The van der Waals surface area contributed by atoms with Gasteiger partial charge in [-0.2, -0.15) is 0 Å². The third kappa shape index (κ3) is 4.98. The number of rotatable bonds is 6. The molecule has 8 heteroatoms. The second kappa shape index (κ2) is 9.83. The number of hydrogen-bond acceptors (Lipinski definition) is 3. The highest BCUT2D eigenvalue weighted by molar-refractivity contribution is 6.36. The van der Waals surface area contributed by atoms with Crippen LogP contribution in [0.1, 0.15) is 65.0 Å². The number of benzene rings is 1. The van der Waals surface area contributed by atoms with E-state index in [1.807, 2.05) is 18.7 Å². The van der Waals surface area contributed by atoms with Crippen LogP contribution in [0.5, 0.6) is 0 Å². The van der Waals surface area contributed by atoms with Gasteiger partial charge in [-0.05, 0) is 62.9 Å². The van der Waals surface area contributed by atoms with Crippen molar-refractivity contribution in [2.24, 2.45) is 0 Å². The van der Waals surface area contributed by atoms with Crippen molar-refractivity contribution in [2.45, 2.75) is 46.0 Å². The van der Waals surface area contributed by atoms with E-state index in [0.29, 0.717) is 47.8 Å². The summed E-state index contributed by atoms with van der Waals surface area (Å²) in [7, 11) is 0. The summed E-state index contributed by atoms with van der Waals surface area (Å²) in [6.45, 7) is 5.69. The predicted octanol–water partition coefficient (Wildman–Crippen LogP) is 4.30. The van der Waals surface area contributed by atoms with Crippen molar-refractivity contribution in [1.29, 1.82) is 0 Å². The van der Waals surface area contributed by atoms with E-state index in [-0.39, 0.29) is 17.7 Å². The van der Waals surface area contributed by atoms with E-state index in [9.17, 15) is 14.4 Å². The number of halogens is 1. The molecule has 0 aliphatic carbocycles. The molecule has 1 aromatic heterocycles. The number of aryl methyl sites for hydroxylation is 1. The summed E-state index contributed by atoms with van der Waals surface area (Å²) in [4.78, 5) is 42.6. The Kier molecular flexibility index (Phi) is 6.88. The minimum Gasteiger partial charge on any atom is -0.358 e. The van der Waals surface area contributed by atoms with Gasteiger partial charge in [0, 0.05) is 53.7 Å². The number of H-pyrrole nitrogens is 1. The van der Waals surface area contributed by atoms with Gasteiger partial charge in [-0.1, -0.05) is 18.0 Å². The van der Waals surface area contributed by atoms with E-state index in [1.54, 1.807) is 24.3 Å². The van der Waals surface area contributed by atoms with E-state index in [4.69, 9.17) is 11.6 Å². The average Bonchev–Trinajstić information content (AvgIpc) is 3.13. The SMILES string of the molecule is Cc1[nH]c(C=C2C(=O)Nc3ccc(Cl)cc32)c(C)c1C(=O)NCCCN1CCCCCC1=O. The van der Waals surface area contributed by atoms with Crippen LogP contribution in [0.25, 0.3) is 11.6 Å². The van der Waals surface area contributed by atoms with Crippen molar-refractivity contribution in [3.63, 3.8) is 0 Å². The standard InChI is InChI=1S/C25H29ClN4O3/c1-15-21(14-19-18-13-17(26)8-9-20(18)29-24(19)32)28-16(2)23(15)25(33)27-10-6-12-30-11-5-3-4-7-22(30)31/h8-9,13-14,28H,3-7,10-12H2,1-2H3,(H,27,33)(H,29,32). The number of fused-ring (bicyclic) bond motifs is 1. The molecule has 0 bridgehead atoms. The lowest BCUT2D eigenvalue weighted by molar-refractivity contribution is -0.130. The van der Waals surface area contributed by atoms with Crippen LogP contribution in [0.4, 0.5) is 5.69 Å². The van der Waals surface area contributed by atoms with Gasteiger partial charge in [-0.3, -0.25) is 14.4 Å². The maximum Gasteiger partial charge on any atom is 0.256 e. The highest BCUT2D eigenvalue weighted by Crippen LogP contribution is 2.35. The van der Waals surface area contributed by atoms with Gasteiger partial charge in [0.15, 0.2) is 0 Å². The number of anilines is 1. The van der Waals surface area contributed by atoms with Crippen molar-refractivity contribution in [2.75, 3.05) is 25.0 Å². The fraction of sp³-hybridized carbons (Fsp3) is 0.400. The molecule has 0 radical (unpaired) electrons. The third-order valence-electron chi connectivity index (χ3n) is 6.32. The van der Waals surface area contributed by atoms with Crippen molar-refractivity contribution in [3.05, 3.63) is 51.3 Å². The Morgan fingerprint density at radius 1 is 1.21 bits per heavy atom. The highest BCUT2D eigenvalue weighted by atomic mass is 35.5. The molecule has 2 aliphatic rings. The van der Waals surface area contributed by atoms with Crippen LogP contribution in [0.3, 0.4) is 0 Å². The molecule has 3 N–H and O–H groups in total. The molecular weight excluding hydrogens is 440 g/mol. The molecule has 1 saturated heterocycles. The molecule has 0 unspecified atom stereocenters. The number of nitrogens with one attached hydrogen (secondary N) is 3. The molecule has 1 aromatic carbocycles. The van der Waals surface area contributed by atoms with Crippen LogP contribution in [0, 0.1) is 13.8 Å². The molecule has 0 atom stereocenters. The van der Waals surface area contributed by atoms with Gasteiger partial charge < -0.3 is 20.5 Å². The zero-order valence-electron chi connectivity index (χ0n) is 19.0. The second-order valence-corrected chi connectivity index (χ2v) is 9.10. The van der Waals surface area contributed by atoms with E-state index in [0.717, 1.165) is 48.3 Å². The van der Waals surface area contributed by atoms with Gasteiger partial charge >= 0.3 is 0 Å². The Labute approximate surface area is 198 Å². The normalized spacial score (nSPS) is 17.2. The van der Waals surface area contributed by atoms with Crippen LogP contribution >= 0.6 is 11.6 Å². The maximum atomic E-state index is 12.9. The summed E-state index contributed by atoms with van der Waals surface area (Å²) in [6.07, 6.45) is 6.23. The number of aromatic amines is 1. The van der Waals surface area contributed by atoms with Crippen molar-refractivity contribution < 1.29 is 14.4 Å². The number of likely N-dealkylation sites (tertiary alicyclic amines) is 1. The first kappa shape index (κ1) is 23.1. The zero-order chi connectivity index (χ0) is 23.5. The molecule has 7 nitrogen and oxygen atoms in total. The summed E-state index contributed by atoms with van der Waals surface area (Å²) in [5.41, 5.74) is 4.78. The van der Waals surface area contributed by atoms with Crippen LogP contribution in [-0.4, -0.2) is 47.2 Å². The average molecular weight is 469 g/mol. The quantitative estimate of drug-likeness (QED) is 0.435. The molecule has 1 fully saturated rings. The van der Waals surface area contributed by atoms with Gasteiger partial charge in [0.25, 0.3) is 11.8 Å². The van der Waals surface area contributed by atoms with Gasteiger partial charge in [-0.25, -0.2) is 0 Å². The molecule has 2 aliphatic heterocycles. The Hall–Kier alpha value is -3.06. The molecule has 0 spiro atoms. The smallest absolute Gasteiger partial charge is 0.256 e. The molecule has 3 amide bonds. The summed E-state index contributed by atoms with van der Waals surface area (Å²) in [6, 6.07) is 5.27. The lowest BCUT2D eigenvalue weighted by Crippen LogP contribution is -2.34. The Bertz CT molecular complexity index is 1130. The third-order valence-corrected chi connectivity index (χ3v) is 6.55. The highest BCUT2D eigenvalue weighted by Gasteiger charge is 2.26. The monoisotopic (exact) mass is 468 g/mol. The molecule has 0 saturated carbocycles. The lowest BCUT2D eigenvalue weighted by Gasteiger charge is -2.20. The zero-order valence-corrected chi connectivity index (χ0v) is 19.8. The second-order valence-electron chi connectivity index (χ2n) is 8.67. The van der Waals surface area contributed by atoms with Crippen LogP contribution in [-0.2, 0) is 9.59 Å². The summed E-state index contributed by atoms with van der Waals surface area (Å²) in [5.74, 6) is -0.145. The molecular formula is C25H29ClN4O3. The van der Waals surface area contributed by atoms with E-state index in [2.05, 4.69) is 15.6 Å². The Morgan fingerprint density at radius 3 is 2.85 bits per heavy atom. The Balaban J connectivity index is 1.43. The lowest BCUT2D eigenvalue weighted by atomic mass is 10.0. The molecule has 3 heterocycles. The largest absolute Gasteiger partial charge is 0.358 e. The molecule has 2 aromatic rings. The first-order chi connectivity index (χ1) is 15.8. The molecule has 33 heavy (non-hydrogen) atoms. The number of aromatic nitrogens is 1. The number of hydrogen-bond donors (Lipinski definition) is 3. The minimum atomic E-state index is -0.201. The fourth-order valence-electron chi connectivity index (χ4n) is 4.54. The fourth-order valence-corrected chi connectivity index (χ4v) is 4.71. The van der Waals surface area contributed by atoms with Crippen molar-refractivity contribution in [1.82, 2.24) is 15.2 Å². The first-order valence-corrected chi connectivity index (χ1v) is 11.8. The van der Waals surface area contributed by atoms with Crippen LogP contribution in [0.15, 0.2) is 18.2 Å². The molecule has 174 valence electrons. The van der Waals surface area contributed by atoms with Gasteiger partial charge in [0.2, 0.25) is 5.91 Å². The minimum absolute atomic E-state index is 0.160. The summed E-state index contributed by atoms with van der Waals surface area (Å²) >= 11 is 6.12.